The Balaban J connectivity index is 2.35. The normalized spacial score (nSPS) is 10.0. The molecule has 0 heterocycles. The van der Waals surface area contributed by atoms with Crippen LogP contribution in [0.3, 0.4) is 0 Å². The molecular formula is C13H19O2. The topological polar surface area (TPSA) is 18.5 Å². The predicted molar refractivity (Wildman–Crippen MR) is 61.5 cm³/mol. The lowest BCUT2D eigenvalue weighted by Crippen LogP contribution is -1.97. The van der Waals surface area contributed by atoms with Gasteiger partial charge in [0, 0.05) is 6.07 Å². The molecule has 0 aliphatic rings. The molecule has 0 saturated heterocycles. The van der Waals surface area contributed by atoms with Crippen molar-refractivity contribution in [2.45, 2.75) is 33.1 Å². The molecule has 1 rings (SSSR count). The van der Waals surface area contributed by atoms with Crippen LogP contribution < -0.4 is 9.47 Å². The van der Waals surface area contributed by atoms with Crippen molar-refractivity contribution in [3.05, 3.63) is 24.3 Å². The second kappa shape index (κ2) is 7.16. The van der Waals surface area contributed by atoms with Crippen LogP contribution in [0.25, 0.3) is 0 Å². The third kappa shape index (κ3) is 4.73. The Morgan fingerprint density at radius 3 is 2.53 bits per heavy atom. The lowest BCUT2D eigenvalue weighted by atomic mass is 10.3. The van der Waals surface area contributed by atoms with E-state index in [1.54, 1.807) is 0 Å². The van der Waals surface area contributed by atoms with Crippen LogP contribution in [0.5, 0.6) is 11.5 Å². The Morgan fingerprint density at radius 2 is 1.93 bits per heavy atom. The monoisotopic (exact) mass is 207 g/mol. The molecule has 1 radical (unpaired) electrons. The van der Waals surface area contributed by atoms with E-state index >= 15 is 0 Å². The highest BCUT2D eigenvalue weighted by molar-refractivity contribution is 5.29. The van der Waals surface area contributed by atoms with Gasteiger partial charge in [-0.15, -0.1) is 0 Å². The number of hydrogen-bond acceptors (Lipinski definition) is 2. The highest BCUT2D eigenvalue weighted by atomic mass is 16.5. The van der Waals surface area contributed by atoms with E-state index in [2.05, 4.69) is 19.9 Å². The molecule has 0 bridgehead atoms. The minimum Gasteiger partial charge on any atom is -0.494 e. The first-order valence-corrected chi connectivity index (χ1v) is 5.64. The van der Waals surface area contributed by atoms with Gasteiger partial charge in [0.1, 0.15) is 11.5 Å². The molecule has 0 aliphatic carbocycles. The molecule has 0 N–H and O–H groups in total. The summed E-state index contributed by atoms with van der Waals surface area (Å²) in [6.45, 7) is 5.76. The molecule has 0 aromatic heterocycles. The van der Waals surface area contributed by atoms with Crippen LogP contribution in [0.2, 0.25) is 0 Å². The second-order valence-corrected chi connectivity index (χ2v) is 3.44. The molecule has 0 spiro atoms. The van der Waals surface area contributed by atoms with Crippen molar-refractivity contribution in [1.29, 1.82) is 0 Å². The number of rotatable bonds is 7. The van der Waals surface area contributed by atoms with Crippen molar-refractivity contribution in [3.8, 4) is 11.5 Å². The van der Waals surface area contributed by atoms with Crippen LogP contribution in [-0.4, -0.2) is 13.2 Å². The van der Waals surface area contributed by atoms with Crippen LogP contribution in [-0.2, 0) is 0 Å². The largest absolute Gasteiger partial charge is 0.494 e. The average molecular weight is 207 g/mol. The maximum absolute atomic E-state index is 5.49. The minimum atomic E-state index is 0.754. The first-order valence-electron chi connectivity index (χ1n) is 5.64. The van der Waals surface area contributed by atoms with Gasteiger partial charge in [-0.05, 0) is 31.0 Å². The van der Waals surface area contributed by atoms with Gasteiger partial charge < -0.3 is 9.47 Å². The van der Waals surface area contributed by atoms with Crippen molar-refractivity contribution in [2.75, 3.05) is 13.2 Å². The maximum Gasteiger partial charge on any atom is 0.127 e. The van der Waals surface area contributed by atoms with Crippen molar-refractivity contribution in [1.82, 2.24) is 0 Å². The summed E-state index contributed by atoms with van der Waals surface area (Å²) >= 11 is 0. The summed E-state index contributed by atoms with van der Waals surface area (Å²) in [5, 5.41) is 0. The Bertz CT molecular complexity index is 254. The molecule has 15 heavy (non-hydrogen) atoms. The number of unbranched alkanes of at least 4 members (excludes halogenated alkanes) is 1. The summed E-state index contributed by atoms with van der Waals surface area (Å²) in [6.07, 6.45) is 3.26. The fourth-order valence-electron chi connectivity index (χ4n) is 1.12. The average Bonchev–Trinajstić information content (AvgIpc) is 2.28. The highest BCUT2D eigenvalue weighted by Crippen LogP contribution is 2.17. The van der Waals surface area contributed by atoms with Gasteiger partial charge in [-0.3, -0.25) is 0 Å². The van der Waals surface area contributed by atoms with Crippen molar-refractivity contribution >= 4 is 0 Å². The highest BCUT2D eigenvalue weighted by Gasteiger charge is 1.96. The minimum absolute atomic E-state index is 0.754. The smallest absolute Gasteiger partial charge is 0.127 e. The lowest BCUT2D eigenvalue weighted by molar-refractivity contribution is 0.303. The van der Waals surface area contributed by atoms with Gasteiger partial charge >= 0.3 is 0 Å². The molecule has 1 aromatic rings. The first-order chi connectivity index (χ1) is 7.36. The van der Waals surface area contributed by atoms with Crippen molar-refractivity contribution in [3.63, 3.8) is 0 Å². The zero-order valence-corrected chi connectivity index (χ0v) is 9.58. The predicted octanol–water partition coefficient (Wildman–Crippen LogP) is 3.45. The zero-order valence-electron chi connectivity index (χ0n) is 9.58. The lowest BCUT2D eigenvalue weighted by Gasteiger charge is -2.07. The van der Waals surface area contributed by atoms with E-state index in [1.807, 2.05) is 18.2 Å². The summed E-state index contributed by atoms with van der Waals surface area (Å²) in [5.74, 6) is 1.66. The van der Waals surface area contributed by atoms with Gasteiger partial charge in [0.05, 0.1) is 13.2 Å². The molecular weight excluding hydrogens is 188 g/mol. The van der Waals surface area contributed by atoms with Gasteiger partial charge in [0.25, 0.3) is 0 Å². The van der Waals surface area contributed by atoms with E-state index in [0.29, 0.717) is 0 Å². The fraction of sp³-hybridized carbons (Fsp3) is 0.538. The summed E-state index contributed by atoms with van der Waals surface area (Å²) < 4.78 is 10.9. The molecule has 0 unspecified atom stereocenters. The van der Waals surface area contributed by atoms with Gasteiger partial charge in [0.15, 0.2) is 0 Å². The summed E-state index contributed by atoms with van der Waals surface area (Å²) in [5.41, 5.74) is 0. The molecule has 0 atom stereocenters. The van der Waals surface area contributed by atoms with Crippen molar-refractivity contribution < 1.29 is 9.47 Å². The van der Waals surface area contributed by atoms with Gasteiger partial charge in [-0.1, -0.05) is 20.3 Å². The number of ether oxygens (including phenoxy) is 2. The zero-order chi connectivity index (χ0) is 10.9. The summed E-state index contributed by atoms with van der Waals surface area (Å²) in [6, 6.07) is 8.72. The molecule has 83 valence electrons. The summed E-state index contributed by atoms with van der Waals surface area (Å²) in [4.78, 5) is 0. The van der Waals surface area contributed by atoms with E-state index < -0.39 is 0 Å². The molecule has 0 saturated carbocycles. The Hall–Kier alpha value is -1.18. The SMILES string of the molecule is CCCCOc1[c]cc(OCCC)cc1. The van der Waals surface area contributed by atoms with Crippen LogP contribution in [0.15, 0.2) is 18.2 Å². The Morgan fingerprint density at radius 1 is 1.07 bits per heavy atom. The number of benzene rings is 1. The Kier molecular flexibility index (Phi) is 5.67. The van der Waals surface area contributed by atoms with Gasteiger partial charge in [0.2, 0.25) is 0 Å². The van der Waals surface area contributed by atoms with Crippen LogP contribution in [0.1, 0.15) is 33.1 Å². The van der Waals surface area contributed by atoms with E-state index in [-0.39, 0.29) is 0 Å². The van der Waals surface area contributed by atoms with Gasteiger partial charge in [-0.2, -0.15) is 0 Å². The summed E-state index contributed by atoms with van der Waals surface area (Å²) in [7, 11) is 0. The second-order valence-electron chi connectivity index (χ2n) is 3.44. The molecule has 2 heteroatoms. The molecule has 0 aliphatic heterocycles. The number of hydrogen-bond donors (Lipinski definition) is 0. The van der Waals surface area contributed by atoms with E-state index in [1.165, 1.54) is 0 Å². The molecule has 0 amide bonds. The van der Waals surface area contributed by atoms with E-state index in [0.717, 1.165) is 44.0 Å². The first kappa shape index (κ1) is 11.9. The Labute approximate surface area is 92.2 Å². The third-order valence-electron chi connectivity index (χ3n) is 1.98. The van der Waals surface area contributed by atoms with Crippen molar-refractivity contribution in [2.24, 2.45) is 0 Å². The van der Waals surface area contributed by atoms with Crippen LogP contribution in [0, 0.1) is 6.07 Å². The standard InChI is InChI=1S/C13H19O2/c1-3-5-11-15-13-8-6-12(7-9-13)14-10-4-2/h6-8H,3-5,10-11H2,1-2H3. The third-order valence-corrected chi connectivity index (χ3v) is 1.98. The molecule has 1 aromatic carbocycles. The van der Waals surface area contributed by atoms with Crippen LogP contribution >= 0.6 is 0 Å². The fourth-order valence-corrected chi connectivity index (χ4v) is 1.12. The van der Waals surface area contributed by atoms with E-state index in [4.69, 9.17) is 9.47 Å². The van der Waals surface area contributed by atoms with Gasteiger partial charge in [-0.25, -0.2) is 0 Å². The maximum atomic E-state index is 5.49. The quantitative estimate of drug-likeness (QED) is 0.637. The molecule has 2 nitrogen and oxygen atoms in total. The molecule has 0 fully saturated rings. The van der Waals surface area contributed by atoms with E-state index in [9.17, 15) is 0 Å². The van der Waals surface area contributed by atoms with Crippen LogP contribution in [0.4, 0.5) is 0 Å².